The van der Waals surface area contributed by atoms with Crippen LogP contribution >= 0.6 is 0 Å². The third-order valence-corrected chi connectivity index (χ3v) is 3.10. The van der Waals surface area contributed by atoms with E-state index in [-0.39, 0.29) is 11.4 Å². The molecule has 12 heteroatoms. The number of carboxylic acid groups (broad SMARTS) is 1. The van der Waals surface area contributed by atoms with Gasteiger partial charge in [-0.05, 0) is 18.2 Å². The second-order valence-electron chi connectivity index (χ2n) is 4.94. The number of nitrogens with zero attached hydrogens (tertiary/aromatic N) is 3. The first-order chi connectivity index (χ1) is 12.6. The summed E-state index contributed by atoms with van der Waals surface area (Å²) in [6, 6.07) is 8.09. The van der Waals surface area contributed by atoms with E-state index in [1.807, 2.05) is 6.07 Å². The van der Waals surface area contributed by atoms with Crippen molar-refractivity contribution in [2.45, 2.75) is 6.18 Å². The van der Waals surface area contributed by atoms with Gasteiger partial charge in [0.05, 0.1) is 16.6 Å². The van der Waals surface area contributed by atoms with Crippen molar-refractivity contribution in [1.82, 2.24) is 15.0 Å². The number of aliphatic carboxylic acids is 1. The van der Waals surface area contributed by atoms with Crippen molar-refractivity contribution in [1.29, 1.82) is 0 Å². The molecule has 2 aromatic heterocycles. The van der Waals surface area contributed by atoms with Crippen molar-refractivity contribution in [3.05, 3.63) is 47.9 Å². The molecule has 0 fully saturated rings. The molecule has 5 N–H and O–H groups in total. The lowest BCUT2D eigenvalue weighted by molar-refractivity contribution is -0.192. The molecule has 2 heterocycles. The number of carboxylic acids is 1. The van der Waals surface area contributed by atoms with Crippen molar-refractivity contribution >= 4 is 22.8 Å². The van der Waals surface area contributed by atoms with Crippen LogP contribution in [0.25, 0.3) is 22.6 Å². The lowest BCUT2D eigenvalue weighted by Crippen LogP contribution is -2.21. The number of H-pyrrole nitrogens is 1. The van der Waals surface area contributed by atoms with E-state index in [9.17, 15) is 17.6 Å². The summed E-state index contributed by atoms with van der Waals surface area (Å²) in [5.41, 5.74) is 7.08. The van der Waals surface area contributed by atoms with Gasteiger partial charge in [-0.25, -0.2) is 14.2 Å². The first kappa shape index (κ1) is 19.6. The fourth-order valence-electron chi connectivity index (χ4n) is 1.90. The number of fused-ring (bicyclic) bond motifs is 1. The minimum atomic E-state index is -5.08. The average molecular weight is 385 g/mol. The highest BCUT2D eigenvalue weighted by molar-refractivity contribution is 6.00. The fourth-order valence-corrected chi connectivity index (χ4v) is 1.90. The zero-order valence-electron chi connectivity index (χ0n) is 13.2. The van der Waals surface area contributed by atoms with Crippen LogP contribution in [0.1, 0.15) is 5.56 Å². The van der Waals surface area contributed by atoms with Gasteiger partial charge in [-0.15, -0.1) is 0 Å². The van der Waals surface area contributed by atoms with Crippen LogP contribution in [0.4, 0.5) is 17.6 Å². The Balaban J connectivity index is 0.000000321. The van der Waals surface area contributed by atoms with Crippen molar-refractivity contribution in [2.75, 3.05) is 0 Å². The monoisotopic (exact) mass is 385 g/mol. The average Bonchev–Trinajstić information content (AvgIpc) is 3.03. The number of alkyl halides is 3. The molecule has 0 aliphatic rings. The number of oxime groups is 1. The number of nitrogens with two attached hydrogens (primary N) is 1. The van der Waals surface area contributed by atoms with Gasteiger partial charge in [-0.1, -0.05) is 11.2 Å². The molecule has 0 atom stereocenters. The molecule has 3 aromatic rings. The standard InChI is InChI=1S/C13H10FN5O.C2HF3O2/c14-8-6-11-10(5-7(8)12(15)19-20)17-13(18-11)9-3-1-2-4-16-9;3-2(4,5)1(6)7/h1-6,20H,(H2,15,19)(H,17,18);(H,6,7). The highest BCUT2D eigenvalue weighted by Crippen LogP contribution is 2.21. The number of imidazole rings is 1. The lowest BCUT2D eigenvalue weighted by atomic mass is 10.1. The van der Waals surface area contributed by atoms with Gasteiger partial charge >= 0.3 is 12.1 Å². The molecule has 0 saturated carbocycles. The van der Waals surface area contributed by atoms with E-state index >= 15 is 0 Å². The number of rotatable bonds is 2. The maximum absolute atomic E-state index is 13.8. The lowest BCUT2D eigenvalue weighted by Gasteiger charge is -1.99. The molecule has 8 nitrogen and oxygen atoms in total. The molecule has 0 spiro atoms. The van der Waals surface area contributed by atoms with Crippen LogP contribution in [0.3, 0.4) is 0 Å². The largest absolute Gasteiger partial charge is 0.490 e. The first-order valence-corrected chi connectivity index (χ1v) is 7.02. The summed E-state index contributed by atoms with van der Waals surface area (Å²) in [7, 11) is 0. The van der Waals surface area contributed by atoms with E-state index in [0.29, 0.717) is 22.6 Å². The number of nitrogens with one attached hydrogen (secondary N) is 1. The van der Waals surface area contributed by atoms with Crippen molar-refractivity contribution < 1.29 is 32.7 Å². The molecule has 0 amide bonds. The van der Waals surface area contributed by atoms with E-state index in [2.05, 4.69) is 20.1 Å². The third-order valence-electron chi connectivity index (χ3n) is 3.10. The van der Waals surface area contributed by atoms with Crippen LogP contribution in [0.5, 0.6) is 0 Å². The number of hydrogen-bond donors (Lipinski definition) is 4. The minimum Gasteiger partial charge on any atom is -0.475 e. The number of aromatic amines is 1. The Morgan fingerprint density at radius 2 is 1.93 bits per heavy atom. The zero-order chi connectivity index (χ0) is 20.2. The Bertz CT molecular complexity index is 986. The van der Waals surface area contributed by atoms with Crippen molar-refractivity contribution in [3.8, 4) is 11.5 Å². The summed E-state index contributed by atoms with van der Waals surface area (Å²) in [4.78, 5) is 20.4. The number of aromatic nitrogens is 3. The molecule has 142 valence electrons. The van der Waals surface area contributed by atoms with Crippen LogP contribution < -0.4 is 5.73 Å². The fraction of sp³-hybridized carbons (Fsp3) is 0.0667. The van der Waals surface area contributed by atoms with E-state index in [4.69, 9.17) is 20.8 Å². The topological polar surface area (TPSA) is 137 Å². The van der Waals surface area contributed by atoms with E-state index < -0.39 is 18.0 Å². The molecular formula is C15H11F4N5O3. The molecule has 0 radical (unpaired) electrons. The summed E-state index contributed by atoms with van der Waals surface area (Å²) in [6.07, 6.45) is -3.44. The second kappa shape index (κ2) is 7.68. The molecule has 0 unspecified atom stereocenters. The van der Waals surface area contributed by atoms with Crippen LogP contribution in [0.15, 0.2) is 41.7 Å². The SMILES string of the molecule is N/C(=N\O)c1cc2nc(-c3ccccn3)[nH]c2cc1F.O=C(O)C(F)(F)F. The van der Waals surface area contributed by atoms with E-state index in [1.54, 1.807) is 18.3 Å². The van der Waals surface area contributed by atoms with Gasteiger partial charge in [-0.2, -0.15) is 13.2 Å². The second-order valence-corrected chi connectivity index (χ2v) is 4.94. The minimum absolute atomic E-state index is 0.000860. The Morgan fingerprint density at radius 3 is 2.44 bits per heavy atom. The van der Waals surface area contributed by atoms with Crippen molar-refractivity contribution in [3.63, 3.8) is 0 Å². The molecule has 1 aromatic carbocycles. The molecule has 0 bridgehead atoms. The summed E-state index contributed by atoms with van der Waals surface area (Å²) in [5, 5.41) is 18.5. The molecule has 0 aliphatic heterocycles. The molecule has 27 heavy (non-hydrogen) atoms. The number of carbonyl (C=O) groups is 1. The van der Waals surface area contributed by atoms with Crippen LogP contribution in [-0.2, 0) is 4.79 Å². The highest BCUT2D eigenvalue weighted by atomic mass is 19.4. The first-order valence-electron chi connectivity index (χ1n) is 7.02. The van der Waals surface area contributed by atoms with Gasteiger partial charge in [0.25, 0.3) is 0 Å². The van der Waals surface area contributed by atoms with Gasteiger partial charge in [0, 0.05) is 12.3 Å². The predicted octanol–water partition coefficient (Wildman–Crippen LogP) is 2.49. The third kappa shape index (κ3) is 4.68. The zero-order valence-corrected chi connectivity index (χ0v) is 13.2. The Morgan fingerprint density at radius 1 is 1.26 bits per heavy atom. The van der Waals surface area contributed by atoms with E-state index in [0.717, 1.165) is 0 Å². The van der Waals surface area contributed by atoms with Gasteiger partial charge in [-0.3, -0.25) is 4.98 Å². The summed E-state index contributed by atoms with van der Waals surface area (Å²) in [6.45, 7) is 0. The van der Waals surface area contributed by atoms with E-state index in [1.165, 1.54) is 12.1 Å². The summed E-state index contributed by atoms with van der Waals surface area (Å²) in [5.74, 6) is -3.13. The van der Waals surface area contributed by atoms with Crippen LogP contribution in [0, 0.1) is 5.82 Å². The Labute approximate surface area is 148 Å². The quantitative estimate of drug-likeness (QED) is 0.176. The van der Waals surface area contributed by atoms with Gasteiger partial charge in [0.2, 0.25) is 0 Å². The number of pyridine rings is 1. The maximum atomic E-state index is 13.8. The Hall–Kier alpha value is -3.70. The summed E-state index contributed by atoms with van der Waals surface area (Å²) < 4.78 is 45.6. The molecule has 3 rings (SSSR count). The molecule has 0 aliphatic carbocycles. The molecule has 0 saturated heterocycles. The number of hydrogen-bond acceptors (Lipinski definition) is 5. The van der Waals surface area contributed by atoms with Gasteiger partial charge < -0.3 is 21.0 Å². The van der Waals surface area contributed by atoms with Crippen LogP contribution in [-0.4, -0.2) is 43.2 Å². The van der Waals surface area contributed by atoms with Gasteiger partial charge in [0.15, 0.2) is 11.7 Å². The molecular weight excluding hydrogens is 374 g/mol. The number of halogens is 4. The van der Waals surface area contributed by atoms with Crippen LogP contribution in [0.2, 0.25) is 0 Å². The Kier molecular flexibility index (Phi) is 5.58. The van der Waals surface area contributed by atoms with Gasteiger partial charge in [0.1, 0.15) is 11.5 Å². The number of amidine groups is 1. The highest BCUT2D eigenvalue weighted by Gasteiger charge is 2.38. The maximum Gasteiger partial charge on any atom is 0.490 e. The normalized spacial score (nSPS) is 11.8. The van der Waals surface area contributed by atoms with Crippen molar-refractivity contribution in [2.24, 2.45) is 10.9 Å². The predicted molar refractivity (Wildman–Crippen MR) is 85.5 cm³/mol. The number of benzene rings is 1. The smallest absolute Gasteiger partial charge is 0.475 e. The summed E-state index contributed by atoms with van der Waals surface area (Å²) >= 11 is 0.